The molecule has 7 heavy (non-hydrogen) atoms. The minimum absolute atomic E-state index is 0.341. The zero-order valence-electron chi connectivity index (χ0n) is 3.92. The van der Waals surface area contributed by atoms with Crippen LogP contribution < -0.4 is 0 Å². The molecule has 1 fully saturated rings. The van der Waals surface area contributed by atoms with E-state index in [1.54, 1.807) is 0 Å². The van der Waals surface area contributed by atoms with E-state index in [1.165, 1.54) is 0 Å². The second-order valence-corrected chi connectivity index (χ2v) is 3.50. The molecule has 0 aromatic rings. The van der Waals surface area contributed by atoms with Gasteiger partial charge in [0.05, 0.1) is 0 Å². The zero-order chi connectivity index (χ0) is 5.28. The van der Waals surface area contributed by atoms with Crippen molar-refractivity contribution in [2.24, 2.45) is 0 Å². The molecule has 1 aliphatic rings. The van der Waals surface area contributed by atoms with Gasteiger partial charge in [-0.3, -0.25) is 0 Å². The Morgan fingerprint density at radius 3 is 2.57 bits per heavy atom. The first-order chi connectivity index (χ1) is 3.30. The van der Waals surface area contributed by atoms with E-state index in [1.807, 2.05) is 2.80 Å². The van der Waals surface area contributed by atoms with Gasteiger partial charge in [0.15, 0.2) is 0 Å². The average molecular weight is 294 g/mol. The van der Waals surface area contributed by atoms with E-state index in [0.29, 0.717) is 5.91 Å². The van der Waals surface area contributed by atoms with Crippen LogP contribution in [0.2, 0.25) is 0 Å². The van der Waals surface area contributed by atoms with Gasteiger partial charge in [0.25, 0.3) is 0 Å². The number of hydrogen-bond donors (Lipinski definition) is 0. The van der Waals surface area contributed by atoms with E-state index < -0.39 is 0 Å². The molecule has 3 heteroatoms. The Balaban J connectivity index is 2.48. The van der Waals surface area contributed by atoms with E-state index >= 15 is 0 Å². The molecule has 0 radical (unpaired) electrons. The Kier molecular flexibility index (Phi) is 1.64. The van der Waals surface area contributed by atoms with Crippen LogP contribution in [0.3, 0.4) is 0 Å². The summed E-state index contributed by atoms with van der Waals surface area (Å²) in [4.78, 5) is 10.5. The molecule has 1 heterocycles. The number of hydrogen-bond acceptors (Lipinski definition) is 1. The van der Waals surface area contributed by atoms with Gasteiger partial charge in [-0.15, -0.1) is 0 Å². The Morgan fingerprint density at radius 1 is 1.71 bits per heavy atom. The molecule has 0 aromatic carbocycles. The van der Waals surface area contributed by atoms with Crippen LogP contribution in [0.5, 0.6) is 0 Å². The summed E-state index contributed by atoms with van der Waals surface area (Å²) >= 11 is 1.10. The van der Waals surface area contributed by atoms with Crippen LogP contribution in [0.15, 0.2) is 0 Å². The second-order valence-electron chi connectivity index (χ2n) is 1.62. The van der Waals surface area contributed by atoms with Gasteiger partial charge in [0.1, 0.15) is 0 Å². The van der Waals surface area contributed by atoms with Gasteiger partial charge in [-0.05, 0) is 0 Å². The fourth-order valence-electron chi connectivity index (χ4n) is 0.634. The number of carbonyl (C=O) groups excluding carboxylic acids is 1. The molecule has 0 aliphatic carbocycles. The minimum atomic E-state index is 0.341. The molecule has 0 spiro atoms. The van der Waals surface area contributed by atoms with Crippen molar-refractivity contribution in [2.75, 3.05) is 6.54 Å². The monoisotopic (exact) mass is 294 g/mol. The van der Waals surface area contributed by atoms with Crippen LogP contribution in [0, 0.1) is 0 Å². The first kappa shape index (κ1) is 5.50. The van der Waals surface area contributed by atoms with Gasteiger partial charge in [0, 0.05) is 0 Å². The molecule has 1 saturated heterocycles. The average Bonchev–Trinajstić information content (AvgIpc) is 1.91. The van der Waals surface area contributed by atoms with Crippen molar-refractivity contribution in [2.45, 2.75) is 12.8 Å². The van der Waals surface area contributed by atoms with Gasteiger partial charge in [-0.2, -0.15) is 0 Å². The third-order valence-electron chi connectivity index (χ3n) is 1.05. The van der Waals surface area contributed by atoms with Gasteiger partial charge in [-0.1, -0.05) is 0 Å². The van der Waals surface area contributed by atoms with E-state index in [0.717, 1.165) is 44.7 Å². The number of nitrogens with zero attached hydrogens (tertiary/aromatic N) is 1. The van der Waals surface area contributed by atoms with Crippen LogP contribution in [0.1, 0.15) is 12.8 Å². The summed E-state index contributed by atoms with van der Waals surface area (Å²) in [6, 6.07) is 0. The van der Waals surface area contributed by atoms with E-state index in [-0.39, 0.29) is 0 Å². The summed E-state index contributed by atoms with van der Waals surface area (Å²) in [6.45, 7) is 1.01. The molecule has 1 rings (SSSR count). The predicted molar refractivity (Wildman–Crippen MR) is 28.1 cm³/mol. The van der Waals surface area contributed by atoms with Crippen molar-refractivity contribution in [3.05, 3.63) is 0 Å². The Hall–Kier alpha value is 0.366. The quantitative estimate of drug-likeness (QED) is 0.586. The molecule has 0 N–H and O–H groups in total. The molecule has 0 saturated carbocycles. The third-order valence-corrected chi connectivity index (χ3v) is 2.69. The molecule has 0 bridgehead atoms. The maximum absolute atomic E-state index is 10.5. The molecule has 0 unspecified atom stereocenters. The van der Waals surface area contributed by atoms with Gasteiger partial charge < -0.3 is 0 Å². The Bertz CT molecular complexity index is 93.7. The Morgan fingerprint density at radius 2 is 2.43 bits per heavy atom. The van der Waals surface area contributed by atoms with Gasteiger partial charge >= 0.3 is 58.2 Å². The molecule has 2 nitrogen and oxygen atoms in total. The van der Waals surface area contributed by atoms with Crippen LogP contribution in [0.25, 0.3) is 0 Å². The normalized spacial score (nSPS) is 21.3. The third kappa shape index (κ3) is 1.13. The van der Waals surface area contributed by atoms with Crippen molar-refractivity contribution in [3.8, 4) is 0 Å². The van der Waals surface area contributed by atoms with Crippen LogP contribution >= 0.6 is 0 Å². The standard InChI is InChI=1S/C4H7NO.Po.H/c6-4-2-1-3-5-4;;/h1-3H2,(H,5,6);;/q;+1;/p-1. The summed E-state index contributed by atoms with van der Waals surface area (Å²) in [6.07, 6.45) is 1.87. The second kappa shape index (κ2) is 2.09. The van der Waals surface area contributed by atoms with Crippen molar-refractivity contribution < 1.29 is 4.79 Å². The van der Waals surface area contributed by atoms with Crippen LogP contribution in [-0.4, -0.2) is 40.6 Å². The number of rotatable bonds is 0. The first-order valence-corrected chi connectivity index (χ1v) is 3.85. The molecule has 0 atom stereocenters. The van der Waals surface area contributed by atoms with E-state index in [2.05, 4.69) is 0 Å². The summed E-state index contributed by atoms with van der Waals surface area (Å²) in [7, 11) is 0. The van der Waals surface area contributed by atoms with Crippen molar-refractivity contribution in [1.29, 1.82) is 0 Å². The predicted octanol–water partition coefficient (Wildman–Crippen LogP) is -0.575. The molecule has 40 valence electrons. The van der Waals surface area contributed by atoms with Crippen molar-refractivity contribution in [1.82, 2.24) is 2.80 Å². The fraction of sp³-hybridized carbons (Fsp3) is 0.750. The summed E-state index contributed by atoms with van der Waals surface area (Å²) in [5, 5.41) is 0. The fourth-order valence-corrected chi connectivity index (χ4v) is 1.57. The zero-order valence-corrected chi connectivity index (χ0v) is 7.40. The van der Waals surface area contributed by atoms with Crippen LogP contribution in [-0.2, 0) is 4.79 Å². The molecular weight excluding hydrogens is 287 g/mol. The molecule has 0 aromatic heterocycles. The van der Waals surface area contributed by atoms with Crippen LogP contribution in [0.4, 0.5) is 0 Å². The van der Waals surface area contributed by atoms with E-state index in [9.17, 15) is 4.79 Å². The number of carbonyl (C=O) groups is 1. The molecular formula is C4H7NOPo. The van der Waals surface area contributed by atoms with Gasteiger partial charge in [-0.25, -0.2) is 0 Å². The van der Waals surface area contributed by atoms with E-state index in [4.69, 9.17) is 0 Å². The summed E-state index contributed by atoms with van der Waals surface area (Å²) < 4.78 is 1.88. The number of amides is 1. The topological polar surface area (TPSA) is 20.3 Å². The van der Waals surface area contributed by atoms with Gasteiger partial charge in [0.2, 0.25) is 0 Å². The maximum atomic E-state index is 10.5. The van der Waals surface area contributed by atoms with Crippen molar-refractivity contribution >= 4 is 31.3 Å². The first-order valence-electron chi connectivity index (χ1n) is 2.30. The molecule has 1 aliphatic heterocycles. The molecule has 1 amide bonds. The van der Waals surface area contributed by atoms with Crippen molar-refractivity contribution in [3.63, 3.8) is 0 Å². The Labute approximate surface area is 58.4 Å². The summed E-state index contributed by atoms with van der Waals surface area (Å²) in [5.41, 5.74) is 0. The summed E-state index contributed by atoms with van der Waals surface area (Å²) in [5.74, 6) is 0.341. The SMILES string of the molecule is O=C1CCC[N]1[PoH].